The highest BCUT2D eigenvalue weighted by molar-refractivity contribution is 6.31. The molecule has 2 rings (SSSR count). The first-order valence-electron chi connectivity index (χ1n) is 6.49. The van der Waals surface area contributed by atoms with E-state index in [1.807, 2.05) is 32.0 Å². The molecule has 0 spiro atoms. The highest BCUT2D eigenvalue weighted by atomic mass is 35.5. The molecule has 0 saturated carbocycles. The first-order chi connectivity index (χ1) is 8.90. The maximum atomic E-state index is 6.23. The van der Waals surface area contributed by atoms with Gasteiger partial charge in [0, 0.05) is 17.1 Å². The first kappa shape index (κ1) is 13.9. The van der Waals surface area contributed by atoms with Gasteiger partial charge in [0.05, 0.1) is 0 Å². The Bertz CT molecular complexity index is 600. The Hall–Kier alpha value is -1.48. The topological polar surface area (TPSA) is 43.8 Å². The van der Waals surface area contributed by atoms with Crippen LogP contribution >= 0.6 is 11.6 Å². The molecule has 3 nitrogen and oxygen atoms in total. The molecule has 19 heavy (non-hydrogen) atoms. The van der Waals surface area contributed by atoms with Gasteiger partial charge in [0.15, 0.2) is 0 Å². The Kier molecular flexibility index (Phi) is 3.85. The minimum absolute atomic E-state index is 0.532. The van der Waals surface area contributed by atoms with Gasteiger partial charge in [-0.1, -0.05) is 37.6 Å². The van der Waals surface area contributed by atoms with Crippen LogP contribution in [0.25, 0.3) is 11.3 Å². The van der Waals surface area contributed by atoms with E-state index in [2.05, 4.69) is 23.4 Å². The largest absolute Gasteiger partial charge is 0.383 e. The first-order valence-corrected chi connectivity index (χ1v) is 6.87. The van der Waals surface area contributed by atoms with Crippen LogP contribution in [0.3, 0.4) is 0 Å². The van der Waals surface area contributed by atoms with E-state index in [4.69, 9.17) is 17.3 Å². The lowest BCUT2D eigenvalue weighted by atomic mass is 10.1. The minimum Gasteiger partial charge on any atom is -0.383 e. The third kappa shape index (κ3) is 2.76. The second kappa shape index (κ2) is 5.25. The fraction of sp³-hybridized carbons (Fsp3) is 0.400. The van der Waals surface area contributed by atoms with Gasteiger partial charge in [-0.2, -0.15) is 0 Å². The Balaban J connectivity index is 2.48. The second-order valence-corrected chi connectivity index (χ2v) is 5.77. The van der Waals surface area contributed by atoms with E-state index in [-0.39, 0.29) is 0 Å². The van der Waals surface area contributed by atoms with Gasteiger partial charge in [0.1, 0.15) is 17.3 Å². The molecule has 1 aromatic heterocycles. The monoisotopic (exact) mass is 277 g/mol. The number of aromatic nitrogens is 2. The van der Waals surface area contributed by atoms with E-state index in [1.165, 1.54) is 0 Å². The average molecular weight is 278 g/mol. The summed E-state index contributed by atoms with van der Waals surface area (Å²) in [5.74, 6) is 2.19. The molecule has 2 aromatic rings. The summed E-state index contributed by atoms with van der Waals surface area (Å²) in [6, 6.07) is 5.93. The Morgan fingerprint density at radius 2 is 2.00 bits per heavy atom. The van der Waals surface area contributed by atoms with Crippen molar-refractivity contribution < 1.29 is 0 Å². The van der Waals surface area contributed by atoms with Crippen LogP contribution in [0.2, 0.25) is 5.02 Å². The molecule has 0 aliphatic carbocycles. The zero-order chi connectivity index (χ0) is 14.2. The predicted octanol–water partition coefficient (Wildman–Crippen LogP) is 4.06. The molecule has 0 aliphatic rings. The molecule has 1 aromatic carbocycles. The van der Waals surface area contributed by atoms with Gasteiger partial charge in [-0.25, -0.2) is 4.98 Å². The summed E-state index contributed by atoms with van der Waals surface area (Å²) in [6.45, 7) is 9.18. The van der Waals surface area contributed by atoms with Crippen molar-refractivity contribution in [3.8, 4) is 11.3 Å². The fourth-order valence-corrected chi connectivity index (χ4v) is 2.31. The normalized spacial score (nSPS) is 11.3. The quantitative estimate of drug-likeness (QED) is 0.919. The van der Waals surface area contributed by atoms with Crippen molar-refractivity contribution in [2.45, 2.75) is 34.2 Å². The van der Waals surface area contributed by atoms with Crippen LogP contribution in [0, 0.1) is 19.8 Å². The summed E-state index contributed by atoms with van der Waals surface area (Å²) in [6.07, 6.45) is 0. The van der Waals surface area contributed by atoms with E-state index in [0.29, 0.717) is 11.7 Å². The third-order valence-electron chi connectivity index (χ3n) is 3.19. The van der Waals surface area contributed by atoms with Crippen molar-refractivity contribution >= 4 is 17.4 Å². The SMILES string of the molecule is Cc1ccc(-c2nc(C)n(CC(C)C)c2N)cc1Cl. The molecule has 2 N–H and O–H groups in total. The molecule has 0 bridgehead atoms. The molecule has 0 aliphatic heterocycles. The maximum absolute atomic E-state index is 6.23. The molecule has 0 amide bonds. The lowest BCUT2D eigenvalue weighted by Gasteiger charge is -2.10. The van der Waals surface area contributed by atoms with E-state index in [0.717, 1.165) is 34.2 Å². The summed E-state index contributed by atoms with van der Waals surface area (Å²) in [7, 11) is 0. The number of imidazole rings is 1. The molecular weight excluding hydrogens is 258 g/mol. The third-order valence-corrected chi connectivity index (χ3v) is 3.60. The highest BCUT2D eigenvalue weighted by Gasteiger charge is 2.14. The number of anilines is 1. The zero-order valence-electron chi connectivity index (χ0n) is 11.9. The van der Waals surface area contributed by atoms with Crippen LogP contribution in [0.1, 0.15) is 25.2 Å². The predicted molar refractivity (Wildman–Crippen MR) is 81.4 cm³/mol. The van der Waals surface area contributed by atoms with Gasteiger partial charge in [-0.15, -0.1) is 0 Å². The lowest BCUT2D eigenvalue weighted by Crippen LogP contribution is -2.09. The maximum Gasteiger partial charge on any atom is 0.131 e. The molecule has 0 fully saturated rings. The number of halogens is 1. The molecule has 0 saturated heterocycles. The summed E-state index contributed by atoms with van der Waals surface area (Å²) < 4.78 is 2.06. The Morgan fingerprint density at radius 1 is 1.32 bits per heavy atom. The number of aryl methyl sites for hydroxylation is 2. The molecule has 102 valence electrons. The molecule has 4 heteroatoms. The average Bonchev–Trinajstić information content (AvgIpc) is 2.60. The van der Waals surface area contributed by atoms with E-state index < -0.39 is 0 Å². The summed E-state index contributed by atoms with van der Waals surface area (Å²) in [5, 5.41) is 0.743. The summed E-state index contributed by atoms with van der Waals surface area (Å²) in [5.41, 5.74) is 9.08. The lowest BCUT2D eigenvalue weighted by molar-refractivity contribution is 0.518. The molecular formula is C15H20ClN3. The van der Waals surface area contributed by atoms with Gasteiger partial charge in [-0.05, 0) is 31.4 Å². The smallest absolute Gasteiger partial charge is 0.131 e. The van der Waals surface area contributed by atoms with Crippen LogP contribution in [0.5, 0.6) is 0 Å². The zero-order valence-corrected chi connectivity index (χ0v) is 12.6. The minimum atomic E-state index is 0.532. The number of nitrogens with zero attached hydrogens (tertiary/aromatic N) is 2. The standard InChI is InChI=1S/C15H20ClN3/c1-9(2)8-19-11(4)18-14(15(19)17)12-6-5-10(3)13(16)7-12/h5-7,9H,8,17H2,1-4H3. The van der Waals surface area contributed by atoms with E-state index in [9.17, 15) is 0 Å². The summed E-state index contributed by atoms with van der Waals surface area (Å²) in [4.78, 5) is 4.58. The van der Waals surface area contributed by atoms with Gasteiger partial charge in [-0.3, -0.25) is 0 Å². The second-order valence-electron chi connectivity index (χ2n) is 5.36. The van der Waals surface area contributed by atoms with Crippen molar-refractivity contribution in [3.63, 3.8) is 0 Å². The number of benzene rings is 1. The Morgan fingerprint density at radius 3 is 2.58 bits per heavy atom. The van der Waals surface area contributed by atoms with Crippen molar-refractivity contribution in [1.29, 1.82) is 0 Å². The van der Waals surface area contributed by atoms with Crippen LogP contribution in [0.4, 0.5) is 5.82 Å². The number of hydrogen-bond acceptors (Lipinski definition) is 2. The van der Waals surface area contributed by atoms with Crippen molar-refractivity contribution in [2.75, 3.05) is 5.73 Å². The molecule has 0 radical (unpaired) electrons. The molecule has 1 heterocycles. The molecule has 0 atom stereocenters. The van der Waals surface area contributed by atoms with E-state index >= 15 is 0 Å². The van der Waals surface area contributed by atoms with Crippen molar-refractivity contribution in [3.05, 3.63) is 34.6 Å². The van der Waals surface area contributed by atoms with Crippen LogP contribution < -0.4 is 5.73 Å². The van der Waals surface area contributed by atoms with E-state index in [1.54, 1.807) is 0 Å². The van der Waals surface area contributed by atoms with Gasteiger partial charge < -0.3 is 10.3 Å². The van der Waals surface area contributed by atoms with Gasteiger partial charge >= 0.3 is 0 Å². The van der Waals surface area contributed by atoms with Crippen LogP contribution in [0.15, 0.2) is 18.2 Å². The van der Waals surface area contributed by atoms with Crippen molar-refractivity contribution in [2.24, 2.45) is 5.92 Å². The number of rotatable bonds is 3. The van der Waals surface area contributed by atoms with Crippen LogP contribution in [-0.2, 0) is 6.54 Å². The Labute approximate surface area is 119 Å². The van der Waals surface area contributed by atoms with Crippen LogP contribution in [-0.4, -0.2) is 9.55 Å². The number of hydrogen-bond donors (Lipinski definition) is 1. The molecule has 0 unspecified atom stereocenters. The highest BCUT2D eigenvalue weighted by Crippen LogP contribution is 2.30. The van der Waals surface area contributed by atoms with Gasteiger partial charge in [0.25, 0.3) is 0 Å². The van der Waals surface area contributed by atoms with Gasteiger partial charge in [0.2, 0.25) is 0 Å². The number of nitrogens with two attached hydrogens (primary N) is 1. The fourth-order valence-electron chi connectivity index (χ4n) is 2.13. The van der Waals surface area contributed by atoms with Crippen molar-refractivity contribution in [1.82, 2.24) is 9.55 Å². The number of nitrogen functional groups attached to an aromatic ring is 1. The summed E-state index contributed by atoms with van der Waals surface area (Å²) >= 11 is 6.17.